The third-order valence-corrected chi connectivity index (χ3v) is 9.41. The number of anilines is 1. The number of hydrogen-bond acceptors (Lipinski definition) is 4. The van der Waals surface area contributed by atoms with Crippen molar-refractivity contribution >= 4 is 45.9 Å². The molecule has 8 heteroatoms. The Labute approximate surface area is 262 Å². The van der Waals surface area contributed by atoms with Crippen molar-refractivity contribution in [1.82, 2.24) is 4.57 Å². The van der Waals surface area contributed by atoms with Crippen molar-refractivity contribution in [2.45, 2.75) is 65.5 Å². The molecule has 1 saturated carbocycles. The first kappa shape index (κ1) is 29.9. The average molecular weight is 613 g/mol. The van der Waals surface area contributed by atoms with Gasteiger partial charge in [-0.15, -0.1) is 0 Å². The lowest BCUT2D eigenvalue weighted by Crippen LogP contribution is -2.40. The van der Waals surface area contributed by atoms with Crippen LogP contribution < -0.4 is 9.64 Å². The van der Waals surface area contributed by atoms with Gasteiger partial charge in [-0.1, -0.05) is 48.4 Å². The maximum absolute atomic E-state index is 14.1. The Bertz CT molecular complexity index is 1750. The van der Waals surface area contributed by atoms with Gasteiger partial charge in [-0.05, 0) is 80.6 Å². The summed E-state index contributed by atoms with van der Waals surface area (Å²) in [5.74, 6) is -0.343. The smallest absolute Gasteiger partial charge is 0.309 e. The molecule has 2 aliphatic rings. The van der Waals surface area contributed by atoms with E-state index in [1.54, 1.807) is 25.7 Å². The van der Waals surface area contributed by atoms with Gasteiger partial charge in [0.15, 0.2) is 5.78 Å². The number of halogens is 1. The number of ketones is 1. The summed E-state index contributed by atoms with van der Waals surface area (Å²) in [6.07, 6.45) is 3.59. The molecule has 6 rings (SSSR count). The minimum Gasteiger partial charge on any atom is -0.491 e. The first-order chi connectivity index (χ1) is 21.0. The lowest BCUT2D eigenvalue weighted by molar-refractivity contribution is -0.146. The molecule has 228 valence electrons. The van der Waals surface area contributed by atoms with Crippen molar-refractivity contribution in [3.05, 3.63) is 94.1 Å². The predicted molar refractivity (Wildman–Crippen MR) is 172 cm³/mol. The number of aliphatic carboxylic acids is 1. The molecule has 7 nitrogen and oxygen atoms in total. The number of carboxylic acids is 1. The van der Waals surface area contributed by atoms with Gasteiger partial charge in [-0.25, -0.2) is 0 Å². The van der Waals surface area contributed by atoms with E-state index in [-0.39, 0.29) is 30.1 Å². The van der Waals surface area contributed by atoms with Crippen molar-refractivity contribution in [3.8, 4) is 5.75 Å². The van der Waals surface area contributed by atoms with Gasteiger partial charge in [0.2, 0.25) is 5.91 Å². The van der Waals surface area contributed by atoms with Crippen LogP contribution in [0.4, 0.5) is 5.69 Å². The fourth-order valence-corrected chi connectivity index (χ4v) is 6.60. The number of Topliss-reactive ketones (excluding diaryl/α,β-unsaturated/α-hetero) is 1. The summed E-state index contributed by atoms with van der Waals surface area (Å²) >= 11 is 6.16. The number of hydrogen-bond donors (Lipinski definition) is 1. The zero-order chi connectivity index (χ0) is 31.2. The summed E-state index contributed by atoms with van der Waals surface area (Å²) in [7, 11) is 0. The Kier molecular flexibility index (Phi) is 8.01. The monoisotopic (exact) mass is 612 g/mol. The molecular weight excluding hydrogens is 576 g/mol. The van der Waals surface area contributed by atoms with Crippen LogP contribution >= 0.6 is 11.6 Å². The molecule has 1 aliphatic heterocycles. The zero-order valence-corrected chi connectivity index (χ0v) is 26.1. The fraction of sp³-hybridized carbons (Fsp3) is 0.361. The molecule has 4 aromatic rings. The Morgan fingerprint density at radius 1 is 1.02 bits per heavy atom. The quantitative estimate of drug-likeness (QED) is 0.189. The zero-order valence-electron chi connectivity index (χ0n) is 25.3. The lowest BCUT2D eigenvalue weighted by atomic mass is 9.78. The topological polar surface area (TPSA) is 88.8 Å². The molecule has 0 saturated heterocycles. The van der Waals surface area contributed by atoms with Crippen LogP contribution in [-0.2, 0) is 29.0 Å². The summed E-state index contributed by atoms with van der Waals surface area (Å²) < 4.78 is 8.43. The van der Waals surface area contributed by atoms with Gasteiger partial charge in [0.05, 0.1) is 11.5 Å². The standard InChI is InChI=1S/C36H37ClN2O5/c1-22(40)39-27(17-25-7-4-5-10-30(25)39)21-44-28-15-16-31-29(18-28)33(34(41)24-8-6-9-24)32(19-36(2,3)35(42)43)38(31)20-23-11-13-26(37)14-12-23/h4-5,7,10-16,18,24,27H,6,8-9,17,19-21H2,1-3H3,(H,42,43)/t27-/m0/s1. The van der Waals surface area contributed by atoms with Crippen LogP contribution in [0.3, 0.4) is 0 Å². The first-order valence-electron chi connectivity index (χ1n) is 15.2. The van der Waals surface area contributed by atoms with Crippen molar-refractivity contribution in [2.24, 2.45) is 11.3 Å². The molecule has 3 aromatic carbocycles. The van der Waals surface area contributed by atoms with Crippen LogP contribution in [0.5, 0.6) is 5.75 Å². The highest BCUT2D eigenvalue weighted by atomic mass is 35.5. The molecule has 1 aromatic heterocycles. The van der Waals surface area contributed by atoms with E-state index in [9.17, 15) is 19.5 Å². The van der Waals surface area contributed by atoms with E-state index in [1.807, 2.05) is 66.7 Å². The van der Waals surface area contributed by atoms with Crippen LogP contribution in [-0.4, -0.2) is 40.0 Å². The van der Waals surface area contributed by atoms with Crippen molar-refractivity contribution < 1.29 is 24.2 Å². The molecule has 1 atom stereocenters. The number of aromatic nitrogens is 1. The van der Waals surface area contributed by atoms with E-state index < -0.39 is 11.4 Å². The number of para-hydroxylation sites is 1. The molecule has 0 radical (unpaired) electrons. The Hall–Kier alpha value is -4.10. The Balaban J connectivity index is 1.41. The van der Waals surface area contributed by atoms with Crippen LogP contribution in [0.2, 0.25) is 5.02 Å². The van der Waals surface area contributed by atoms with E-state index in [4.69, 9.17) is 16.3 Å². The predicted octanol–water partition coefficient (Wildman–Crippen LogP) is 7.34. The Morgan fingerprint density at radius 3 is 2.41 bits per heavy atom. The van der Waals surface area contributed by atoms with E-state index in [0.29, 0.717) is 35.9 Å². The van der Waals surface area contributed by atoms with E-state index in [2.05, 4.69) is 4.57 Å². The number of rotatable bonds is 10. The van der Waals surface area contributed by atoms with Gasteiger partial charge in [0.25, 0.3) is 0 Å². The van der Waals surface area contributed by atoms with Crippen molar-refractivity contribution in [3.63, 3.8) is 0 Å². The van der Waals surface area contributed by atoms with Crippen LogP contribution in [0.1, 0.15) is 67.2 Å². The largest absolute Gasteiger partial charge is 0.491 e. The summed E-state index contributed by atoms with van der Waals surface area (Å²) in [4.78, 5) is 40.8. The average Bonchev–Trinajstić information content (AvgIpc) is 3.47. The van der Waals surface area contributed by atoms with E-state index in [1.165, 1.54) is 0 Å². The molecule has 1 amide bonds. The van der Waals surface area contributed by atoms with Gasteiger partial charge in [-0.2, -0.15) is 0 Å². The molecular formula is C36H37ClN2O5. The molecule has 0 spiro atoms. The van der Waals surface area contributed by atoms with Crippen LogP contribution in [0, 0.1) is 11.3 Å². The number of amides is 1. The highest BCUT2D eigenvalue weighted by Crippen LogP contribution is 2.40. The second-order valence-electron chi connectivity index (χ2n) is 12.8. The Morgan fingerprint density at radius 2 is 1.75 bits per heavy atom. The number of carbonyl (C=O) groups excluding carboxylic acids is 2. The van der Waals surface area contributed by atoms with Crippen molar-refractivity contribution in [2.75, 3.05) is 11.5 Å². The highest BCUT2D eigenvalue weighted by molar-refractivity contribution is 6.30. The molecule has 1 aliphatic carbocycles. The van der Waals surface area contributed by atoms with Crippen LogP contribution in [0.15, 0.2) is 66.7 Å². The second-order valence-corrected chi connectivity index (χ2v) is 13.2. The SMILES string of the molecule is CC(=O)N1c2ccccc2C[C@H]1COc1ccc2c(c1)c(C(=O)C1CCC1)c(CC(C)(C)C(=O)O)n2Cc1ccc(Cl)cc1. The van der Waals surface area contributed by atoms with E-state index >= 15 is 0 Å². The fourth-order valence-electron chi connectivity index (χ4n) is 6.47. The molecule has 2 heterocycles. The molecule has 1 fully saturated rings. The minimum atomic E-state index is -1.09. The van der Waals surface area contributed by atoms with Gasteiger partial charge in [-0.3, -0.25) is 14.4 Å². The summed E-state index contributed by atoms with van der Waals surface area (Å²) in [6, 6.07) is 21.1. The molecule has 0 unspecified atom stereocenters. The number of carbonyl (C=O) groups is 3. The lowest BCUT2D eigenvalue weighted by Gasteiger charge is -2.26. The summed E-state index contributed by atoms with van der Waals surface area (Å²) in [5, 5.41) is 11.5. The first-order valence-corrected chi connectivity index (χ1v) is 15.6. The highest BCUT2D eigenvalue weighted by Gasteiger charge is 2.37. The normalized spacial score (nSPS) is 16.5. The minimum absolute atomic E-state index is 0.0302. The van der Waals surface area contributed by atoms with E-state index in [0.717, 1.165) is 52.7 Å². The second kappa shape index (κ2) is 11.8. The molecule has 0 bridgehead atoms. The van der Waals surface area contributed by atoms with Crippen LogP contribution in [0.25, 0.3) is 10.9 Å². The number of benzene rings is 3. The number of carboxylic acid groups (broad SMARTS) is 1. The maximum Gasteiger partial charge on any atom is 0.309 e. The van der Waals surface area contributed by atoms with Gasteiger partial charge in [0.1, 0.15) is 12.4 Å². The van der Waals surface area contributed by atoms with Crippen molar-refractivity contribution in [1.29, 1.82) is 0 Å². The third-order valence-electron chi connectivity index (χ3n) is 9.16. The van der Waals surface area contributed by atoms with Gasteiger partial charge < -0.3 is 19.3 Å². The maximum atomic E-state index is 14.1. The summed E-state index contributed by atoms with van der Waals surface area (Å²) in [5.41, 5.74) is 4.11. The number of nitrogens with zero attached hydrogens (tertiary/aromatic N) is 2. The number of ether oxygens (including phenoxy) is 1. The molecule has 1 N–H and O–H groups in total. The van der Waals surface area contributed by atoms with Gasteiger partial charge >= 0.3 is 5.97 Å². The summed E-state index contributed by atoms with van der Waals surface area (Å²) in [6.45, 7) is 5.74. The molecule has 44 heavy (non-hydrogen) atoms. The van der Waals surface area contributed by atoms with Gasteiger partial charge in [0, 0.05) is 58.7 Å². The third kappa shape index (κ3) is 5.61. The number of fused-ring (bicyclic) bond motifs is 2.